The zero-order valence-electron chi connectivity index (χ0n) is 10.6. The number of hydrogen-bond donors (Lipinski definition) is 1. The summed E-state index contributed by atoms with van der Waals surface area (Å²) in [4.78, 5) is 6.28. The SMILES string of the molecule is CC1(C)CCc2nc(C3CNCCO3)sc2C1. The zero-order valence-corrected chi connectivity index (χ0v) is 11.4. The first-order valence-corrected chi connectivity index (χ1v) is 7.26. The molecule has 4 heteroatoms. The van der Waals surface area contributed by atoms with Crippen molar-refractivity contribution >= 4 is 11.3 Å². The van der Waals surface area contributed by atoms with Crippen LogP contribution in [0.4, 0.5) is 0 Å². The van der Waals surface area contributed by atoms with Gasteiger partial charge in [-0.25, -0.2) is 4.98 Å². The highest BCUT2D eigenvalue weighted by Crippen LogP contribution is 2.39. The van der Waals surface area contributed by atoms with Crippen molar-refractivity contribution in [2.45, 2.75) is 39.2 Å². The fourth-order valence-electron chi connectivity index (χ4n) is 2.58. The molecule has 0 amide bonds. The first-order valence-electron chi connectivity index (χ1n) is 6.45. The fourth-order valence-corrected chi connectivity index (χ4v) is 4.00. The predicted molar refractivity (Wildman–Crippen MR) is 69.5 cm³/mol. The van der Waals surface area contributed by atoms with E-state index in [0.717, 1.165) is 26.1 Å². The summed E-state index contributed by atoms with van der Waals surface area (Å²) < 4.78 is 5.78. The number of fused-ring (bicyclic) bond motifs is 1. The lowest BCUT2D eigenvalue weighted by atomic mass is 9.79. The third-order valence-electron chi connectivity index (χ3n) is 3.68. The van der Waals surface area contributed by atoms with E-state index in [-0.39, 0.29) is 6.10 Å². The van der Waals surface area contributed by atoms with E-state index >= 15 is 0 Å². The minimum atomic E-state index is 0.183. The van der Waals surface area contributed by atoms with Crippen molar-refractivity contribution < 1.29 is 4.74 Å². The van der Waals surface area contributed by atoms with Gasteiger partial charge in [-0.1, -0.05) is 13.8 Å². The van der Waals surface area contributed by atoms with Gasteiger partial charge >= 0.3 is 0 Å². The van der Waals surface area contributed by atoms with Crippen molar-refractivity contribution in [2.24, 2.45) is 5.41 Å². The molecule has 0 radical (unpaired) electrons. The second-order valence-corrected chi connectivity index (χ2v) is 6.94. The Kier molecular flexibility index (Phi) is 2.97. The Labute approximate surface area is 107 Å². The Bertz CT molecular complexity index is 408. The third-order valence-corrected chi connectivity index (χ3v) is 4.87. The molecule has 1 atom stereocenters. The summed E-state index contributed by atoms with van der Waals surface area (Å²) >= 11 is 1.87. The highest BCUT2D eigenvalue weighted by molar-refractivity contribution is 7.11. The second kappa shape index (κ2) is 4.34. The molecule has 1 N–H and O–H groups in total. The maximum atomic E-state index is 5.78. The van der Waals surface area contributed by atoms with Gasteiger partial charge in [0.25, 0.3) is 0 Å². The van der Waals surface area contributed by atoms with Crippen LogP contribution in [0.15, 0.2) is 0 Å². The molecule has 1 aromatic rings. The zero-order chi connectivity index (χ0) is 11.9. The van der Waals surface area contributed by atoms with Crippen LogP contribution in [0.25, 0.3) is 0 Å². The topological polar surface area (TPSA) is 34.2 Å². The van der Waals surface area contributed by atoms with Gasteiger partial charge in [0.2, 0.25) is 0 Å². The summed E-state index contributed by atoms with van der Waals surface area (Å²) in [7, 11) is 0. The molecule has 0 aromatic carbocycles. The number of rotatable bonds is 1. The van der Waals surface area contributed by atoms with E-state index in [4.69, 9.17) is 9.72 Å². The standard InChI is InChI=1S/C13H20N2OS/c1-13(2)4-3-9-11(7-13)17-12(15-9)10-8-14-5-6-16-10/h10,14H,3-8H2,1-2H3. The number of aromatic nitrogens is 1. The molecule has 3 nitrogen and oxygen atoms in total. The fraction of sp³-hybridized carbons (Fsp3) is 0.769. The summed E-state index contributed by atoms with van der Waals surface area (Å²) in [5.74, 6) is 0. The Balaban J connectivity index is 1.82. The molecule has 17 heavy (non-hydrogen) atoms. The molecule has 0 bridgehead atoms. The van der Waals surface area contributed by atoms with E-state index < -0.39 is 0 Å². The Morgan fingerprint density at radius 1 is 1.47 bits per heavy atom. The predicted octanol–water partition coefficient (Wildman–Crippen LogP) is 2.32. The van der Waals surface area contributed by atoms with Gasteiger partial charge in [-0.2, -0.15) is 0 Å². The first-order chi connectivity index (χ1) is 8.14. The van der Waals surface area contributed by atoms with Crippen molar-refractivity contribution in [3.8, 4) is 0 Å². The second-order valence-electron chi connectivity index (χ2n) is 5.83. The average Bonchev–Trinajstić information content (AvgIpc) is 2.71. The van der Waals surface area contributed by atoms with Crippen LogP contribution < -0.4 is 5.32 Å². The molecule has 3 rings (SSSR count). The van der Waals surface area contributed by atoms with Crippen LogP contribution in [-0.2, 0) is 17.6 Å². The molecular formula is C13H20N2OS. The van der Waals surface area contributed by atoms with Gasteiger partial charge in [-0.05, 0) is 24.7 Å². The van der Waals surface area contributed by atoms with Gasteiger partial charge in [-0.15, -0.1) is 11.3 Å². The number of ether oxygens (including phenoxy) is 1. The Morgan fingerprint density at radius 2 is 2.35 bits per heavy atom. The lowest BCUT2D eigenvalue weighted by molar-refractivity contribution is 0.0275. The molecule has 1 aromatic heterocycles. The molecule has 1 unspecified atom stereocenters. The van der Waals surface area contributed by atoms with Crippen LogP contribution >= 0.6 is 11.3 Å². The molecular weight excluding hydrogens is 232 g/mol. The van der Waals surface area contributed by atoms with Crippen LogP contribution in [0, 0.1) is 5.41 Å². The van der Waals surface area contributed by atoms with E-state index in [1.165, 1.54) is 28.4 Å². The Hall–Kier alpha value is -0.450. The van der Waals surface area contributed by atoms with E-state index in [9.17, 15) is 0 Å². The third kappa shape index (κ3) is 2.39. The number of thiazole rings is 1. The van der Waals surface area contributed by atoms with Crippen molar-refractivity contribution in [2.75, 3.05) is 19.7 Å². The molecule has 1 fully saturated rings. The summed E-state index contributed by atoms with van der Waals surface area (Å²) in [6.07, 6.45) is 3.76. The summed E-state index contributed by atoms with van der Waals surface area (Å²) in [5.41, 5.74) is 1.78. The van der Waals surface area contributed by atoms with Gasteiger partial charge in [0.15, 0.2) is 0 Å². The molecule has 1 aliphatic carbocycles. The van der Waals surface area contributed by atoms with Crippen LogP contribution in [0.5, 0.6) is 0 Å². The smallest absolute Gasteiger partial charge is 0.123 e. The number of nitrogens with one attached hydrogen (secondary N) is 1. The number of aryl methyl sites for hydroxylation is 1. The summed E-state index contributed by atoms with van der Waals surface area (Å²) in [6.45, 7) is 7.40. The van der Waals surface area contributed by atoms with Gasteiger partial charge in [0.1, 0.15) is 11.1 Å². The molecule has 1 aliphatic heterocycles. The van der Waals surface area contributed by atoms with Crippen LogP contribution in [0.1, 0.15) is 42.0 Å². The minimum absolute atomic E-state index is 0.183. The molecule has 1 saturated heterocycles. The van der Waals surface area contributed by atoms with Crippen LogP contribution in [-0.4, -0.2) is 24.7 Å². The average molecular weight is 252 g/mol. The highest BCUT2D eigenvalue weighted by Gasteiger charge is 2.30. The van der Waals surface area contributed by atoms with E-state index in [2.05, 4.69) is 19.2 Å². The summed E-state index contributed by atoms with van der Waals surface area (Å²) in [6, 6.07) is 0. The van der Waals surface area contributed by atoms with Crippen molar-refractivity contribution in [1.29, 1.82) is 0 Å². The number of hydrogen-bond acceptors (Lipinski definition) is 4. The summed E-state index contributed by atoms with van der Waals surface area (Å²) in [5, 5.41) is 4.55. The molecule has 2 heterocycles. The lowest BCUT2D eigenvalue weighted by Crippen LogP contribution is -2.33. The van der Waals surface area contributed by atoms with Gasteiger partial charge in [0, 0.05) is 18.0 Å². The normalized spacial score (nSPS) is 27.8. The van der Waals surface area contributed by atoms with Crippen molar-refractivity contribution in [1.82, 2.24) is 10.3 Å². The van der Waals surface area contributed by atoms with E-state index in [1.807, 2.05) is 11.3 Å². The molecule has 0 saturated carbocycles. The first kappa shape index (κ1) is 11.6. The van der Waals surface area contributed by atoms with Crippen LogP contribution in [0.2, 0.25) is 0 Å². The van der Waals surface area contributed by atoms with Gasteiger partial charge in [-0.3, -0.25) is 0 Å². The van der Waals surface area contributed by atoms with Gasteiger partial charge in [0.05, 0.1) is 12.3 Å². The van der Waals surface area contributed by atoms with Gasteiger partial charge < -0.3 is 10.1 Å². The van der Waals surface area contributed by atoms with E-state index in [1.54, 1.807) is 0 Å². The minimum Gasteiger partial charge on any atom is -0.368 e. The Morgan fingerprint density at radius 3 is 3.12 bits per heavy atom. The molecule has 94 valence electrons. The van der Waals surface area contributed by atoms with Crippen LogP contribution in [0.3, 0.4) is 0 Å². The van der Waals surface area contributed by atoms with E-state index in [0.29, 0.717) is 5.41 Å². The molecule has 0 spiro atoms. The molecule has 2 aliphatic rings. The maximum absolute atomic E-state index is 5.78. The maximum Gasteiger partial charge on any atom is 0.123 e. The number of morpholine rings is 1. The quantitative estimate of drug-likeness (QED) is 0.833. The van der Waals surface area contributed by atoms with Crippen molar-refractivity contribution in [3.63, 3.8) is 0 Å². The lowest BCUT2D eigenvalue weighted by Gasteiger charge is -2.28. The monoisotopic (exact) mass is 252 g/mol. The van der Waals surface area contributed by atoms with Crippen molar-refractivity contribution in [3.05, 3.63) is 15.6 Å². The highest BCUT2D eigenvalue weighted by atomic mass is 32.1. The number of nitrogens with zero attached hydrogens (tertiary/aromatic N) is 1. The largest absolute Gasteiger partial charge is 0.368 e.